The predicted molar refractivity (Wildman–Crippen MR) is 79.8 cm³/mol. The number of hydrogen-bond acceptors (Lipinski definition) is 3. The molecule has 0 amide bonds. The molecule has 0 saturated carbocycles. The minimum Gasteiger partial charge on any atom is -0.435 e. The highest BCUT2D eigenvalue weighted by Crippen LogP contribution is 2.27. The Balaban J connectivity index is 2.06. The van der Waals surface area contributed by atoms with Crippen molar-refractivity contribution in [3.8, 4) is 5.75 Å². The molecule has 1 saturated heterocycles. The third-order valence-electron chi connectivity index (χ3n) is 4.07. The van der Waals surface area contributed by atoms with Gasteiger partial charge in [-0.15, -0.1) is 0 Å². The van der Waals surface area contributed by atoms with Gasteiger partial charge in [0.15, 0.2) is 0 Å². The van der Waals surface area contributed by atoms with Crippen LogP contribution in [0.1, 0.15) is 38.3 Å². The van der Waals surface area contributed by atoms with E-state index >= 15 is 0 Å². The minimum atomic E-state index is -2.77. The highest BCUT2D eigenvalue weighted by Gasteiger charge is 2.26. The molecule has 1 aliphatic rings. The Labute approximate surface area is 125 Å². The van der Waals surface area contributed by atoms with E-state index in [-0.39, 0.29) is 11.8 Å². The predicted octanol–water partition coefficient (Wildman–Crippen LogP) is 3.42. The topological polar surface area (TPSA) is 24.5 Å². The van der Waals surface area contributed by atoms with Crippen LogP contribution < -0.4 is 10.1 Å². The van der Waals surface area contributed by atoms with Crippen molar-refractivity contribution in [1.82, 2.24) is 10.2 Å². The maximum absolute atomic E-state index is 12.2. The number of nitrogens with one attached hydrogen (secondary N) is 1. The maximum Gasteiger partial charge on any atom is 0.387 e. The van der Waals surface area contributed by atoms with Gasteiger partial charge in [0.1, 0.15) is 5.75 Å². The monoisotopic (exact) mass is 298 g/mol. The van der Waals surface area contributed by atoms with Crippen LogP contribution in [0, 0.1) is 0 Å². The summed E-state index contributed by atoms with van der Waals surface area (Å²) in [5, 5.41) is 3.40. The fraction of sp³-hybridized carbons (Fsp3) is 0.625. The van der Waals surface area contributed by atoms with Gasteiger partial charge >= 0.3 is 6.61 Å². The van der Waals surface area contributed by atoms with Crippen LogP contribution in [0.4, 0.5) is 8.78 Å². The first kappa shape index (κ1) is 16.2. The smallest absolute Gasteiger partial charge is 0.387 e. The summed E-state index contributed by atoms with van der Waals surface area (Å²) in [5.41, 5.74) is 1.14. The van der Waals surface area contributed by atoms with E-state index in [1.54, 1.807) is 12.1 Å². The van der Waals surface area contributed by atoms with Gasteiger partial charge in [0.05, 0.1) is 0 Å². The molecule has 0 aliphatic carbocycles. The molecule has 0 bridgehead atoms. The standard InChI is InChI=1S/C16H24F2N2O/c1-3-10-20(14-8-9-19-11-14)12(2)13-4-6-15(7-5-13)21-16(17)18/h4-7,12,14,16,19H,3,8-11H2,1-2H3. The summed E-state index contributed by atoms with van der Waals surface area (Å²) < 4.78 is 28.8. The van der Waals surface area contributed by atoms with Gasteiger partial charge in [0.2, 0.25) is 0 Å². The second-order valence-corrected chi connectivity index (χ2v) is 5.51. The van der Waals surface area contributed by atoms with Crippen molar-refractivity contribution in [2.45, 2.75) is 45.4 Å². The first-order chi connectivity index (χ1) is 10.1. The molecule has 2 atom stereocenters. The van der Waals surface area contributed by atoms with Crippen LogP contribution in [0.3, 0.4) is 0 Å². The van der Waals surface area contributed by atoms with Crippen LogP contribution >= 0.6 is 0 Å². The normalized spacial score (nSPS) is 20.2. The fourth-order valence-electron chi connectivity index (χ4n) is 2.99. The lowest BCUT2D eigenvalue weighted by atomic mass is 10.0. The molecule has 0 aromatic heterocycles. The Kier molecular flexibility index (Phi) is 5.94. The van der Waals surface area contributed by atoms with Gasteiger partial charge in [0, 0.05) is 18.6 Å². The Morgan fingerprint density at radius 1 is 1.33 bits per heavy atom. The molecule has 1 aromatic carbocycles. The summed E-state index contributed by atoms with van der Waals surface area (Å²) in [6.07, 6.45) is 2.27. The summed E-state index contributed by atoms with van der Waals surface area (Å²) >= 11 is 0. The Morgan fingerprint density at radius 2 is 2.05 bits per heavy atom. The largest absolute Gasteiger partial charge is 0.435 e. The first-order valence-corrected chi connectivity index (χ1v) is 7.63. The number of alkyl halides is 2. The molecular formula is C16H24F2N2O. The van der Waals surface area contributed by atoms with Crippen LogP contribution in [0.25, 0.3) is 0 Å². The Bertz CT molecular complexity index is 419. The average molecular weight is 298 g/mol. The van der Waals surface area contributed by atoms with Crippen molar-refractivity contribution in [3.05, 3.63) is 29.8 Å². The van der Waals surface area contributed by atoms with E-state index in [0.717, 1.165) is 38.0 Å². The van der Waals surface area contributed by atoms with Crippen LogP contribution in [-0.4, -0.2) is 37.2 Å². The number of nitrogens with zero attached hydrogens (tertiary/aromatic N) is 1. The lowest BCUT2D eigenvalue weighted by Gasteiger charge is -2.34. The van der Waals surface area contributed by atoms with Crippen LogP contribution in [0.15, 0.2) is 24.3 Å². The van der Waals surface area contributed by atoms with Gasteiger partial charge in [-0.3, -0.25) is 4.90 Å². The number of halogens is 2. The van der Waals surface area contributed by atoms with Gasteiger partial charge in [-0.2, -0.15) is 8.78 Å². The molecule has 1 heterocycles. The molecule has 1 aliphatic heterocycles. The fourth-order valence-corrected chi connectivity index (χ4v) is 2.99. The molecule has 2 rings (SSSR count). The number of rotatable bonds is 7. The lowest BCUT2D eigenvalue weighted by molar-refractivity contribution is -0.0498. The molecule has 3 nitrogen and oxygen atoms in total. The highest BCUT2D eigenvalue weighted by molar-refractivity contribution is 5.29. The van der Waals surface area contributed by atoms with Crippen molar-refractivity contribution in [2.24, 2.45) is 0 Å². The molecule has 0 spiro atoms. The van der Waals surface area contributed by atoms with Crippen LogP contribution in [0.2, 0.25) is 0 Å². The molecule has 21 heavy (non-hydrogen) atoms. The summed E-state index contributed by atoms with van der Waals surface area (Å²) in [6, 6.07) is 7.83. The minimum absolute atomic E-state index is 0.213. The van der Waals surface area contributed by atoms with Crippen molar-refractivity contribution < 1.29 is 13.5 Å². The van der Waals surface area contributed by atoms with E-state index in [0.29, 0.717) is 6.04 Å². The number of ether oxygens (including phenoxy) is 1. The lowest BCUT2D eigenvalue weighted by Crippen LogP contribution is -2.39. The summed E-state index contributed by atoms with van der Waals surface area (Å²) in [7, 11) is 0. The zero-order valence-electron chi connectivity index (χ0n) is 12.7. The average Bonchev–Trinajstić information content (AvgIpc) is 2.98. The van der Waals surface area contributed by atoms with Crippen molar-refractivity contribution in [2.75, 3.05) is 19.6 Å². The molecule has 1 fully saturated rings. The molecular weight excluding hydrogens is 274 g/mol. The van der Waals surface area contributed by atoms with Gasteiger partial charge in [-0.25, -0.2) is 0 Å². The molecule has 118 valence electrons. The second-order valence-electron chi connectivity index (χ2n) is 5.51. The van der Waals surface area contributed by atoms with Crippen LogP contribution in [-0.2, 0) is 0 Å². The van der Waals surface area contributed by atoms with Crippen LogP contribution in [0.5, 0.6) is 5.75 Å². The van der Waals surface area contributed by atoms with Gasteiger partial charge in [-0.1, -0.05) is 19.1 Å². The zero-order valence-corrected chi connectivity index (χ0v) is 12.7. The molecule has 1 N–H and O–H groups in total. The molecule has 1 aromatic rings. The van der Waals surface area contributed by atoms with Crippen molar-refractivity contribution >= 4 is 0 Å². The third-order valence-corrected chi connectivity index (χ3v) is 4.07. The number of hydrogen-bond donors (Lipinski definition) is 1. The van der Waals surface area contributed by atoms with E-state index < -0.39 is 6.61 Å². The SMILES string of the molecule is CCCN(C1CCNC1)C(C)c1ccc(OC(F)F)cc1. The van der Waals surface area contributed by atoms with E-state index in [9.17, 15) is 8.78 Å². The van der Waals surface area contributed by atoms with Crippen molar-refractivity contribution in [3.63, 3.8) is 0 Å². The van der Waals surface area contributed by atoms with E-state index in [1.165, 1.54) is 0 Å². The Hall–Kier alpha value is -1.20. The third kappa shape index (κ3) is 4.38. The van der Waals surface area contributed by atoms with Crippen molar-refractivity contribution in [1.29, 1.82) is 0 Å². The van der Waals surface area contributed by atoms with Gasteiger partial charge < -0.3 is 10.1 Å². The first-order valence-electron chi connectivity index (χ1n) is 7.63. The van der Waals surface area contributed by atoms with E-state index in [1.807, 2.05) is 12.1 Å². The molecule has 0 radical (unpaired) electrons. The number of benzene rings is 1. The quantitative estimate of drug-likeness (QED) is 0.835. The summed E-state index contributed by atoms with van der Waals surface area (Å²) in [4.78, 5) is 2.50. The zero-order chi connectivity index (χ0) is 15.2. The maximum atomic E-state index is 12.2. The van der Waals surface area contributed by atoms with Gasteiger partial charge in [-0.05, 0) is 50.6 Å². The molecule has 5 heteroatoms. The highest BCUT2D eigenvalue weighted by atomic mass is 19.3. The van der Waals surface area contributed by atoms with Gasteiger partial charge in [0.25, 0.3) is 0 Å². The summed E-state index contributed by atoms with van der Waals surface area (Å²) in [6.45, 7) is 4.73. The Morgan fingerprint density at radius 3 is 2.57 bits per heavy atom. The van der Waals surface area contributed by atoms with E-state index in [2.05, 4.69) is 28.8 Å². The molecule has 2 unspecified atom stereocenters. The van der Waals surface area contributed by atoms with E-state index in [4.69, 9.17) is 0 Å². The summed E-state index contributed by atoms with van der Waals surface area (Å²) in [5.74, 6) is 0.213. The second kappa shape index (κ2) is 7.71.